The average Bonchev–Trinajstić information content (AvgIpc) is 2.65. The standard InChI is InChI=1S/C10H20N2O2/c11-6-5-10(13)12-7-8-14-9-3-1-2-4-9/h9H,1-8,11H2,(H,12,13). The van der Waals surface area contributed by atoms with E-state index >= 15 is 0 Å². The van der Waals surface area contributed by atoms with Crippen molar-refractivity contribution in [3.63, 3.8) is 0 Å². The van der Waals surface area contributed by atoms with Gasteiger partial charge >= 0.3 is 0 Å². The molecule has 0 bridgehead atoms. The highest BCUT2D eigenvalue weighted by Crippen LogP contribution is 2.20. The topological polar surface area (TPSA) is 64.4 Å². The van der Waals surface area contributed by atoms with Crippen LogP contribution in [0.4, 0.5) is 0 Å². The number of nitrogens with one attached hydrogen (secondary N) is 1. The second-order valence-corrected chi connectivity index (χ2v) is 3.67. The van der Waals surface area contributed by atoms with Crippen molar-refractivity contribution in [2.45, 2.75) is 38.2 Å². The van der Waals surface area contributed by atoms with Gasteiger partial charge in [0.05, 0.1) is 12.7 Å². The molecule has 0 saturated heterocycles. The molecule has 14 heavy (non-hydrogen) atoms. The van der Waals surface area contributed by atoms with Gasteiger partial charge in [-0.3, -0.25) is 4.79 Å². The first-order chi connectivity index (χ1) is 6.83. The summed E-state index contributed by atoms with van der Waals surface area (Å²) in [6.07, 6.45) is 5.76. The van der Waals surface area contributed by atoms with Crippen molar-refractivity contribution < 1.29 is 9.53 Å². The molecule has 82 valence electrons. The van der Waals surface area contributed by atoms with Gasteiger partial charge in [0, 0.05) is 19.5 Å². The van der Waals surface area contributed by atoms with Crippen molar-refractivity contribution in [3.05, 3.63) is 0 Å². The summed E-state index contributed by atoms with van der Waals surface area (Å²) in [6.45, 7) is 1.64. The number of ether oxygens (including phenoxy) is 1. The van der Waals surface area contributed by atoms with E-state index in [0.29, 0.717) is 32.2 Å². The first-order valence-corrected chi connectivity index (χ1v) is 5.41. The molecule has 0 aliphatic heterocycles. The second-order valence-electron chi connectivity index (χ2n) is 3.67. The molecule has 1 fully saturated rings. The van der Waals surface area contributed by atoms with Crippen molar-refractivity contribution in [2.75, 3.05) is 19.7 Å². The largest absolute Gasteiger partial charge is 0.376 e. The van der Waals surface area contributed by atoms with E-state index in [4.69, 9.17) is 10.5 Å². The van der Waals surface area contributed by atoms with E-state index in [-0.39, 0.29) is 5.91 Å². The van der Waals surface area contributed by atoms with Gasteiger partial charge in [-0.25, -0.2) is 0 Å². The van der Waals surface area contributed by atoms with Crippen LogP contribution in [0.25, 0.3) is 0 Å². The molecule has 0 aromatic rings. The highest BCUT2D eigenvalue weighted by molar-refractivity contribution is 5.75. The van der Waals surface area contributed by atoms with Gasteiger partial charge in [-0.05, 0) is 12.8 Å². The summed E-state index contributed by atoms with van der Waals surface area (Å²) in [6, 6.07) is 0. The fourth-order valence-corrected chi connectivity index (χ4v) is 1.69. The van der Waals surface area contributed by atoms with E-state index in [1.165, 1.54) is 25.7 Å². The Hall–Kier alpha value is -0.610. The Bertz CT molecular complexity index is 168. The Labute approximate surface area is 85.2 Å². The minimum atomic E-state index is 0.0162. The van der Waals surface area contributed by atoms with Gasteiger partial charge in [-0.2, -0.15) is 0 Å². The lowest BCUT2D eigenvalue weighted by atomic mass is 10.3. The number of hydrogen-bond donors (Lipinski definition) is 2. The van der Waals surface area contributed by atoms with E-state index in [0.717, 1.165) is 0 Å². The number of carbonyl (C=O) groups excluding carboxylic acids is 1. The molecule has 3 N–H and O–H groups in total. The van der Waals surface area contributed by atoms with E-state index in [2.05, 4.69) is 5.32 Å². The molecule has 0 aromatic carbocycles. The summed E-state index contributed by atoms with van der Waals surface area (Å²) >= 11 is 0. The molecule has 1 rings (SSSR count). The molecule has 4 nitrogen and oxygen atoms in total. The molecular formula is C10H20N2O2. The summed E-state index contributed by atoms with van der Waals surface area (Å²) in [5.74, 6) is 0.0162. The molecular weight excluding hydrogens is 180 g/mol. The van der Waals surface area contributed by atoms with Gasteiger partial charge in [-0.1, -0.05) is 12.8 Å². The molecule has 0 spiro atoms. The highest BCUT2D eigenvalue weighted by atomic mass is 16.5. The van der Waals surface area contributed by atoms with E-state index in [9.17, 15) is 4.79 Å². The third-order valence-corrected chi connectivity index (χ3v) is 2.45. The van der Waals surface area contributed by atoms with Crippen LogP contribution in [0.5, 0.6) is 0 Å². The van der Waals surface area contributed by atoms with Crippen LogP contribution in [0.15, 0.2) is 0 Å². The van der Waals surface area contributed by atoms with Crippen LogP contribution < -0.4 is 11.1 Å². The second kappa shape index (κ2) is 6.79. The Balaban J connectivity index is 1.90. The summed E-state index contributed by atoms with van der Waals surface area (Å²) in [5, 5.41) is 2.76. The highest BCUT2D eigenvalue weighted by Gasteiger charge is 2.14. The minimum Gasteiger partial charge on any atom is -0.376 e. The monoisotopic (exact) mass is 200 g/mol. The zero-order chi connectivity index (χ0) is 10.2. The Morgan fingerprint density at radius 2 is 2.14 bits per heavy atom. The van der Waals surface area contributed by atoms with Crippen LogP contribution in [0.3, 0.4) is 0 Å². The van der Waals surface area contributed by atoms with Crippen molar-refractivity contribution in [2.24, 2.45) is 5.73 Å². The molecule has 1 amide bonds. The van der Waals surface area contributed by atoms with Gasteiger partial charge in [0.2, 0.25) is 5.91 Å². The lowest BCUT2D eigenvalue weighted by Gasteiger charge is -2.11. The number of hydrogen-bond acceptors (Lipinski definition) is 3. The van der Waals surface area contributed by atoms with Gasteiger partial charge < -0.3 is 15.8 Å². The molecule has 0 unspecified atom stereocenters. The fraction of sp³-hybridized carbons (Fsp3) is 0.900. The van der Waals surface area contributed by atoms with Crippen LogP contribution in [0, 0.1) is 0 Å². The molecule has 0 atom stereocenters. The van der Waals surface area contributed by atoms with Gasteiger partial charge in [0.15, 0.2) is 0 Å². The quantitative estimate of drug-likeness (QED) is 0.610. The molecule has 4 heteroatoms. The summed E-state index contributed by atoms with van der Waals surface area (Å²) in [4.78, 5) is 11.0. The van der Waals surface area contributed by atoms with Gasteiger partial charge in [0.25, 0.3) is 0 Å². The fourth-order valence-electron chi connectivity index (χ4n) is 1.69. The lowest BCUT2D eigenvalue weighted by molar-refractivity contribution is -0.121. The van der Waals surface area contributed by atoms with Crippen LogP contribution in [0.1, 0.15) is 32.1 Å². The summed E-state index contributed by atoms with van der Waals surface area (Å²) in [5.41, 5.74) is 5.24. The number of rotatable bonds is 6. The Kier molecular flexibility index (Phi) is 5.56. The van der Waals surface area contributed by atoms with Crippen molar-refractivity contribution in [1.82, 2.24) is 5.32 Å². The van der Waals surface area contributed by atoms with Crippen molar-refractivity contribution in [1.29, 1.82) is 0 Å². The molecule has 0 radical (unpaired) electrons. The molecule has 1 saturated carbocycles. The first kappa shape index (κ1) is 11.5. The third kappa shape index (κ3) is 4.58. The predicted molar refractivity (Wildman–Crippen MR) is 54.9 cm³/mol. The zero-order valence-electron chi connectivity index (χ0n) is 8.63. The van der Waals surface area contributed by atoms with E-state index in [1.54, 1.807) is 0 Å². The zero-order valence-corrected chi connectivity index (χ0v) is 8.63. The third-order valence-electron chi connectivity index (χ3n) is 2.45. The Morgan fingerprint density at radius 3 is 2.79 bits per heavy atom. The van der Waals surface area contributed by atoms with Gasteiger partial charge in [-0.15, -0.1) is 0 Å². The smallest absolute Gasteiger partial charge is 0.221 e. The number of amides is 1. The van der Waals surface area contributed by atoms with Crippen LogP contribution in [0.2, 0.25) is 0 Å². The van der Waals surface area contributed by atoms with E-state index < -0.39 is 0 Å². The van der Waals surface area contributed by atoms with Crippen LogP contribution >= 0.6 is 0 Å². The summed E-state index contributed by atoms with van der Waals surface area (Å²) in [7, 11) is 0. The number of carbonyl (C=O) groups is 1. The van der Waals surface area contributed by atoms with Crippen LogP contribution in [-0.2, 0) is 9.53 Å². The maximum absolute atomic E-state index is 11.0. The molecule has 0 aromatic heterocycles. The summed E-state index contributed by atoms with van der Waals surface area (Å²) < 4.78 is 5.59. The Morgan fingerprint density at radius 1 is 1.43 bits per heavy atom. The van der Waals surface area contributed by atoms with E-state index in [1.807, 2.05) is 0 Å². The lowest BCUT2D eigenvalue weighted by Crippen LogP contribution is -2.29. The first-order valence-electron chi connectivity index (χ1n) is 5.41. The van der Waals surface area contributed by atoms with Gasteiger partial charge in [0.1, 0.15) is 0 Å². The predicted octanol–water partition coefficient (Wildman–Crippen LogP) is 0.411. The normalized spacial score (nSPS) is 17.2. The molecule has 1 aliphatic rings. The molecule has 0 heterocycles. The minimum absolute atomic E-state index is 0.0162. The maximum atomic E-state index is 11.0. The van der Waals surface area contributed by atoms with Crippen molar-refractivity contribution >= 4 is 5.91 Å². The SMILES string of the molecule is NCCC(=O)NCCOC1CCCC1. The average molecular weight is 200 g/mol. The maximum Gasteiger partial charge on any atom is 0.221 e. The molecule has 1 aliphatic carbocycles. The van der Waals surface area contributed by atoms with Crippen molar-refractivity contribution in [3.8, 4) is 0 Å². The van der Waals surface area contributed by atoms with Crippen LogP contribution in [-0.4, -0.2) is 31.7 Å². The number of nitrogens with two attached hydrogens (primary N) is 1.